The molecule has 0 saturated heterocycles. The molecule has 5 heteroatoms. The summed E-state index contributed by atoms with van der Waals surface area (Å²) < 4.78 is 1.46. The molecule has 0 amide bonds. The fourth-order valence-corrected chi connectivity index (χ4v) is 3.48. The van der Waals surface area contributed by atoms with Crippen LogP contribution in [0.3, 0.4) is 0 Å². The minimum atomic E-state index is 0.126. The molecule has 0 aliphatic carbocycles. The van der Waals surface area contributed by atoms with Gasteiger partial charge >= 0.3 is 0 Å². The SMILES string of the molecule is CC(Nc1ccc(N(C)C)cc1)c1cc(Cl)sc1Cl. The normalized spacial score (nSPS) is 12.3. The molecule has 0 fully saturated rings. The molecule has 0 spiro atoms. The Bertz CT molecular complexity index is 549. The van der Waals surface area contributed by atoms with Gasteiger partial charge in [-0.3, -0.25) is 0 Å². The lowest BCUT2D eigenvalue weighted by atomic mass is 10.1. The Kier molecular flexibility index (Phi) is 4.61. The van der Waals surface area contributed by atoms with E-state index < -0.39 is 0 Å². The van der Waals surface area contributed by atoms with Crippen molar-refractivity contribution in [3.63, 3.8) is 0 Å². The first-order valence-electron chi connectivity index (χ1n) is 5.96. The van der Waals surface area contributed by atoms with Crippen LogP contribution in [0.2, 0.25) is 8.67 Å². The molecule has 1 aromatic heterocycles. The Morgan fingerprint density at radius 1 is 1.16 bits per heavy atom. The van der Waals surface area contributed by atoms with E-state index in [1.54, 1.807) is 0 Å². The van der Waals surface area contributed by atoms with Gasteiger partial charge in [0.2, 0.25) is 0 Å². The smallest absolute Gasteiger partial charge is 0.0996 e. The van der Waals surface area contributed by atoms with Gasteiger partial charge in [-0.15, -0.1) is 11.3 Å². The van der Waals surface area contributed by atoms with Gasteiger partial charge in [0.25, 0.3) is 0 Å². The van der Waals surface area contributed by atoms with Gasteiger partial charge in [-0.25, -0.2) is 0 Å². The van der Waals surface area contributed by atoms with E-state index in [0.29, 0.717) is 0 Å². The Morgan fingerprint density at radius 3 is 2.26 bits per heavy atom. The third kappa shape index (κ3) is 3.56. The second kappa shape index (κ2) is 6.04. The topological polar surface area (TPSA) is 15.3 Å². The van der Waals surface area contributed by atoms with Crippen molar-refractivity contribution in [3.8, 4) is 0 Å². The Hall–Kier alpha value is -0.900. The molecule has 0 saturated carbocycles. The van der Waals surface area contributed by atoms with Crippen molar-refractivity contribution in [1.29, 1.82) is 0 Å². The largest absolute Gasteiger partial charge is 0.378 e. The summed E-state index contributed by atoms with van der Waals surface area (Å²) in [6.45, 7) is 2.07. The summed E-state index contributed by atoms with van der Waals surface area (Å²) in [6, 6.07) is 10.3. The van der Waals surface area contributed by atoms with Crippen LogP contribution in [0, 0.1) is 0 Å². The van der Waals surface area contributed by atoms with Gasteiger partial charge in [0.15, 0.2) is 0 Å². The third-order valence-electron chi connectivity index (χ3n) is 2.92. The fourth-order valence-electron chi connectivity index (χ4n) is 1.83. The second-order valence-electron chi connectivity index (χ2n) is 4.59. The number of benzene rings is 1. The highest BCUT2D eigenvalue weighted by molar-refractivity contribution is 7.20. The van der Waals surface area contributed by atoms with Crippen LogP contribution in [-0.4, -0.2) is 14.1 Å². The van der Waals surface area contributed by atoms with E-state index in [2.05, 4.69) is 41.4 Å². The maximum atomic E-state index is 6.16. The number of hydrogen-bond donors (Lipinski definition) is 1. The summed E-state index contributed by atoms with van der Waals surface area (Å²) in [4.78, 5) is 2.07. The number of thiophene rings is 1. The molecule has 1 aromatic carbocycles. The van der Waals surface area contributed by atoms with Crippen LogP contribution in [0.4, 0.5) is 11.4 Å². The van der Waals surface area contributed by atoms with E-state index in [9.17, 15) is 0 Å². The lowest BCUT2D eigenvalue weighted by Gasteiger charge is -2.17. The quantitative estimate of drug-likeness (QED) is 0.824. The summed E-state index contributed by atoms with van der Waals surface area (Å²) in [5, 5.41) is 3.42. The summed E-state index contributed by atoms with van der Waals surface area (Å²) in [5.74, 6) is 0. The van der Waals surface area contributed by atoms with Crippen molar-refractivity contribution < 1.29 is 0 Å². The zero-order chi connectivity index (χ0) is 14.0. The second-order valence-corrected chi connectivity index (χ2v) is 6.87. The number of hydrogen-bond acceptors (Lipinski definition) is 3. The van der Waals surface area contributed by atoms with Gasteiger partial charge in [0, 0.05) is 31.0 Å². The van der Waals surface area contributed by atoms with Gasteiger partial charge in [0.05, 0.1) is 14.7 Å². The first-order valence-corrected chi connectivity index (χ1v) is 7.53. The molecule has 1 heterocycles. The molecule has 1 N–H and O–H groups in total. The van der Waals surface area contributed by atoms with Gasteiger partial charge in [-0.1, -0.05) is 23.2 Å². The zero-order valence-electron chi connectivity index (χ0n) is 11.1. The van der Waals surface area contributed by atoms with Crippen molar-refractivity contribution in [2.75, 3.05) is 24.3 Å². The summed E-state index contributed by atoms with van der Waals surface area (Å²) in [5.41, 5.74) is 3.28. The predicted octanol–water partition coefficient (Wildman–Crippen LogP) is 5.29. The van der Waals surface area contributed by atoms with Gasteiger partial charge < -0.3 is 10.2 Å². The number of rotatable bonds is 4. The Morgan fingerprint density at radius 2 is 1.79 bits per heavy atom. The lowest BCUT2D eigenvalue weighted by Crippen LogP contribution is -2.09. The molecule has 102 valence electrons. The standard InChI is InChI=1S/C14H16Cl2N2S/c1-9(12-8-13(15)19-14(12)16)17-10-4-6-11(7-5-10)18(2)3/h4-9,17H,1-3H3. The lowest BCUT2D eigenvalue weighted by molar-refractivity contribution is 0.891. The van der Waals surface area contributed by atoms with E-state index in [1.165, 1.54) is 17.0 Å². The van der Waals surface area contributed by atoms with Crippen LogP contribution in [0.1, 0.15) is 18.5 Å². The summed E-state index contributed by atoms with van der Waals surface area (Å²) in [6.07, 6.45) is 0. The molecule has 1 atom stereocenters. The van der Waals surface area contributed by atoms with Crippen LogP contribution in [0.5, 0.6) is 0 Å². The van der Waals surface area contributed by atoms with E-state index in [4.69, 9.17) is 23.2 Å². The van der Waals surface area contributed by atoms with Crippen molar-refractivity contribution in [3.05, 3.63) is 44.6 Å². The molecular weight excluding hydrogens is 299 g/mol. The summed E-state index contributed by atoms with van der Waals surface area (Å²) >= 11 is 13.5. The number of nitrogens with zero attached hydrogens (tertiary/aromatic N) is 1. The average molecular weight is 315 g/mol. The van der Waals surface area contributed by atoms with Crippen molar-refractivity contribution in [2.45, 2.75) is 13.0 Å². The predicted molar refractivity (Wildman–Crippen MR) is 87.1 cm³/mol. The van der Waals surface area contributed by atoms with Crippen LogP contribution in [-0.2, 0) is 0 Å². The first kappa shape index (κ1) is 14.5. The molecule has 0 bridgehead atoms. The molecule has 2 aromatic rings. The maximum Gasteiger partial charge on any atom is 0.0996 e. The monoisotopic (exact) mass is 314 g/mol. The number of anilines is 2. The Balaban J connectivity index is 2.10. The van der Waals surface area contributed by atoms with Crippen LogP contribution < -0.4 is 10.2 Å². The first-order chi connectivity index (χ1) is 8.97. The van der Waals surface area contributed by atoms with Crippen molar-refractivity contribution in [1.82, 2.24) is 0 Å². The average Bonchev–Trinajstić information content (AvgIpc) is 2.69. The van der Waals surface area contributed by atoms with E-state index >= 15 is 0 Å². The molecular formula is C14H16Cl2N2S. The van der Waals surface area contributed by atoms with Crippen LogP contribution in [0.25, 0.3) is 0 Å². The minimum absolute atomic E-state index is 0.126. The van der Waals surface area contributed by atoms with Crippen molar-refractivity contribution >= 4 is 45.9 Å². The van der Waals surface area contributed by atoms with Gasteiger partial charge in [-0.05, 0) is 37.3 Å². The Labute approximate surface area is 128 Å². The molecule has 2 rings (SSSR count). The highest BCUT2D eigenvalue weighted by atomic mass is 35.5. The van der Waals surface area contributed by atoms with Crippen LogP contribution in [0.15, 0.2) is 30.3 Å². The zero-order valence-corrected chi connectivity index (χ0v) is 13.4. The van der Waals surface area contributed by atoms with Gasteiger partial charge in [-0.2, -0.15) is 0 Å². The fraction of sp³-hybridized carbons (Fsp3) is 0.286. The minimum Gasteiger partial charge on any atom is -0.378 e. The molecule has 1 unspecified atom stereocenters. The maximum absolute atomic E-state index is 6.16. The molecule has 0 radical (unpaired) electrons. The van der Waals surface area contributed by atoms with Crippen molar-refractivity contribution in [2.24, 2.45) is 0 Å². The van der Waals surface area contributed by atoms with E-state index in [0.717, 1.165) is 19.9 Å². The molecule has 0 aliphatic rings. The number of nitrogens with one attached hydrogen (secondary N) is 1. The van der Waals surface area contributed by atoms with Gasteiger partial charge in [0.1, 0.15) is 0 Å². The molecule has 0 aliphatic heterocycles. The number of halogens is 2. The summed E-state index contributed by atoms with van der Waals surface area (Å²) in [7, 11) is 4.05. The third-order valence-corrected chi connectivity index (χ3v) is 4.43. The highest BCUT2D eigenvalue weighted by Gasteiger charge is 2.13. The van der Waals surface area contributed by atoms with E-state index in [1.807, 2.05) is 20.2 Å². The highest BCUT2D eigenvalue weighted by Crippen LogP contribution is 2.36. The van der Waals surface area contributed by atoms with E-state index in [-0.39, 0.29) is 6.04 Å². The van der Waals surface area contributed by atoms with Crippen LogP contribution >= 0.6 is 34.5 Å². The molecule has 2 nitrogen and oxygen atoms in total. The molecule has 19 heavy (non-hydrogen) atoms.